The maximum absolute atomic E-state index is 14.9. The Morgan fingerprint density at radius 2 is 1.76 bits per heavy atom. The molecular formula is C31H34FN3O5S. The zero-order chi connectivity index (χ0) is 29.5. The van der Waals surface area contributed by atoms with Crippen molar-refractivity contribution in [2.24, 2.45) is 0 Å². The highest BCUT2D eigenvalue weighted by Crippen LogP contribution is 2.37. The van der Waals surface area contributed by atoms with Crippen LogP contribution in [0.2, 0.25) is 0 Å². The van der Waals surface area contributed by atoms with Gasteiger partial charge >= 0.3 is 5.97 Å². The van der Waals surface area contributed by atoms with E-state index in [2.05, 4.69) is 9.80 Å². The lowest BCUT2D eigenvalue weighted by Crippen LogP contribution is -2.46. The molecular weight excluding hydrogens is 545 g/mol. The summed E-state index contributed by atoms with van der Waals surface area (Å²) in [7, 11) is 1.01. The second-order valence-electron chi connectivity index (χ2n) is 10.5. The van der Waals surface area contributed by atoms with E-state index in [1.165, 1.54) is 23.2 Å². The Balaban J connectivity index is 1.57. The number of benzene rings is 3. The van der Waals surface area contributed by atoms with Crippen molar-refractivity contribution in [3.05, 3.63) is 94.4 Å². The molecule has 0 N–H and O–H groups in total. The van der Waals surface area contributed by atoms with Gasteiger partial charge in [0, 0.05) is 49.4 Å². The lowest BCUT2D eigenvalue weighted by atomic mass is 9.98. The number of piperazine rings is 1. The topological polar surface area (TPSA) is 81.1 Å². The van der Waals surface area contributed by atoms with E-state index in [9.17, 15) is 17.6 Å². The fraction of sp³-hybridized carbons (Fsp3) is 0.323. The zero-order valence-corrected chi connectivity index (χ0v) is 24.7. The molecule has 8 nitrogen and oxygen atoms in total. The number of likely N-dealkylation sites (N-methyl/N-ethyl adjacent to an activating group) is 1. The summed E-state index contributed by atoms with van der Waals surface area (Å²) in [6, 6.07) is 15.0. The molecule has 3 aromatic carbocycles. The molecule has 41 heavy (non-hydrogen) atoms. The Hall–Kier alpha value is -3.73. The lowest BCUT2D eigenvalue weighted by Gasteiger charge is -2.40. The standard InChI is InChI=1S/C31H34FN3O5S/c1-20-6-9-23(10-7-20)41(37,38)35-13-12-24-26(29(39-4)16-21(2)30(24)35)18-34-15-14-33(3)19-28(34)22-8-11-25(27(32)17-22)31(36)40-5/h6-13,16-17,28H,14-15,18-19H2,1-5H3. The van der Waals surface area contributed by atoms with Gasteiger partial charge in [0.2, 0.25) is 0 Å². The molecule has 0 radical (unpaired) electrons. The summed E-state index contributed by atoms with van der Waals surface area (Å²) < 4.78 is 54.1. The van der Waals surface area contributed by atoms with E-state index >= 15 is 0 Å². The van der Waals surface area contributed by atoms with Gasteiger partial charge in [0.25, 0.3) is 10.0 Å². The third kappa shape index (κ3) is 5.35. The first-order valence-corrected chi connectivity index (χ1v) is 14.8. The number of carbonyl (C=O) groups excluding carboxylic acids is 1. The van der Waals surface area contributed by atoms with Crippen molar-refractivity contribution in [3.8, 4) is 5.75 Å². The molecule has 5 rings (SSSR count). The highest BCUT2D eigenvalue weighted by molar-refractivity contribution is 7.90. The Bertz CT molecular complexity index is 1720. The monoisotopic (exact) mass is 579 g/mol. The molecule has 0 spiro atoms. The number of nitrogens with zero attached hydrogens (tertiary/aromatic N) is 3. The first-order chi connectivity index (χ1) is 19.5. The SMILES string of the molecule is COC(=O)c1ccc(C2CN(C)CCN2Cc2c(OC)cc(C)c3c2ccn3S(=O)(=O)c2ccc(C)cc2)cc1F. The van der Waals surface area contributed by atoms with Gasteiger partial charge < -0.3 is 14.4 Å². The molecule has 4 aromatic rings. The first kappa shape index (κ1) is 28.8. The van der Waals surface area contributed by atoms with E-state index in [1.807, 2.05) is 33.0 Å². The molecule has 1 saturated heterocycles. The highest BCUT2D eigenvalue weighted by Gasteiger charge is 2.30. The molecule has 1 aromatic heterocycles. The molecule has 0 saturated carbocycles. The van der Waals surface area contributed by atoms with Gasteiger partial charge in [-0.3, -0.25) is 4.90 Å². The molecule has 0 amide bonds. The molecule has 2 heterocycles. The minimum Gasteiger partial charge on any atom is -0.496 e. The largest absolute Gasteiger partial charge is 0.496 e. The molecule has 1 aliphatic heterocycles. The minimum atomic E-state index is -3.83. The van der Waals surface area contributed by atoms with E-state index in [0.717, 1.165) is 34.2 Å². The molecule has 0 aliphatic carbocycles. The van der Waals surface area contributed by atoms with E-state index in [0.29, 0.717) is 30.9 Å². The van der Waals surface area contributed by atoms with Crippen molar-refractivity contribution >= 4 is 26.9 Å². The van der Waals surface area contributed by atoms with Gasteiger partial charge in [-0.05, 0) is 68.4 Å². The van der Waals surface area contributed by atoms with Gasteiger partial charge in [0.1, 0.15) is 11.6 Å². The second kappa shape index (κ2) is 11.3. The summed E-state index contributed by atoms with van der Waals surface area (Å²) in [6.45, 7) is 6.39. The molecule has 1 fully saturated rings. The smallest absolute Gasteiger partial charge is 0.340 e. The van der Waals surface area contributed by atoms with Gasteiger partial charge in [-0.25, -0.2) is 21.6 Å². The zero-order valence-electron chi connectivity index (χ0n) is 23.8. The van der Waals surface area contributed by atoms with Crippen LogP contribution in [0.4, 0.5) is 4.39 Å². The number of esters is 1. The second-order valence-corrected chi connectivity index (χ2v) is 12.4. The van der Waals surface area contributed by atoms with Crippen LogP contribution in [0.5, 0.6) is 5.75 Å². The maximum Gasteiger partial charge on any atom is 0.340 e. The van der Waals surface area contributed by atoms with Crippen molar-refractivity contribution in [1.29, 1.82) is 0 Å². The van der Waals surface area contributed by atoms with Gasteiger partial charge in [0.15, 0.2) is 0 Å². The molecule has 1 atom stereocenters. The van der Waals surface area contributed by atoms with Crippen LogP contribution >= 0.6 is 0 Å². The quantitative estimate of drug-likeness (QED) is 0.288. The fourth-order valence-corrected chi connectivity index (χ4v) is 6.99. The number of aryl methyl sites for hydroxylation is 2. The first-order valence-electron chi connectivity index (χ1n) is 13.3. The number of hydrogen-bond acceptors (Lipinski definition) is 7. The van der Waals surface area contributed by atoms with Crippen LogP contribution in [0.3, 0.4) is 0 Å². The van der Waals surface area contributed by atoms with Crippen LogP contribution in [0.15, 0.2) is 65.7 Å². The Labute approximate surface area is 239 Å². The number of hydrogen-bond donors (Lipinski definition) is 0. The van der Waals surface area contributed by atoms with Crippen LogP contribution in [-0.2, 0) is 21.3 Å². The summed E-state index contributed by atoms with van der Waals surface area (Å²) in [5, 5.41) is 0.780. The summed E-state index contributed by atoms with van der Waals surface area (Å²) in [5.74, 6) is -0.690. The summed E-state index contributed by atoms with van der Waals surface area (Å²) in [5.41, 5.74) is 3.84. The van der Waals surface area contributed by atoms with Crippen molar-refractivity contribution in [2.75, 3.05) is 40.9 Å². The van der Waals surface area contributed by atoms with Gasteiger partial charge in [-0.1, -0.05) is 23.8 Å². The summed E-state index contributed by atoms with van der Waals surface area (Å²) in [4.78, 5) is 16.6. The van der Waals surface area contributed by atoms with Crippen molar-refractivity contribution in [1.82, 2.24) is 13.8 Å². The third-order valence-corrected chi connectivity index (χ3v) is 9.52. The summed E-state index contributed by atoms with van der Waals surface area (Å²) in [6.07, 6.45) is 1.60. The Morgan fingerprint density at radius 1 is 1.02 bits per heavy atom. The number of rotatable bonds is 7. The van der Waals surface area contributed by atoms with Crippen molar-refractivity contribution in [2.45, 2.75) is 31.3 Å². The van der Waals surface area contributed by atoms with Gasteiger partial charge in [-0.15, -0.1) is 0 Å². The number of aromatic nitrogens is 1. The predicted molar refractivity (Wildman–Crippen MR) is 155 cm³/mol. The molecule has 0 bridgehead atoms. The van der Waals surface area contributed by atoms with E-state index in [-0.39, 0.29) is 16.5 Å². The minimum absolute atomic E-state index is 0.106. The van der Waals surface area contributed by atoms with Gasteiger partial charge in [-0.2, -0.15) is 0 Å². The highest BCUT2D eigenvalue weighted by atomic mass is 32.2. The Kier molecular flexibility index (Phi) is 7.91. The van der Waals surface area contributed by atoms with Crippen LogP contribution in [0.1, 0.15) is 38.7 Å². The van der Waals surface area contributed by atoms with Crippen molar-refractivity contribution in [3.63, 3.8) is 0 Å². The van der Waals surface area contributed by atoms with Crippen LogP contribution in [0, 0.1) is 19.7 Å². The average molecular weight is 580 g/mol. The molecule has 1 unspecified atom stereocenters. The van der Waals surface area contributed by atoms with Crippen LogP contribution in [-0.4, -0.2) is 69.1 Å². The predicted octanol–water partition coefficient (Wildman–Crippen LogP) is 4.92. The number of fused-ring (bicyclic) bond motifs is 1. The molecule has 1 aliphatic rings. The molecule has 216 valence electrons. The third-order valence-electron chi connectivity index (χ3n) is 7.83. The van der Waals surface area contributed by atoms with Crippen LogP contribution < -0.4 is 4.74 Å². The van der Waals surface area contributed by atoms with Gasteiger partial charge in [0.05, 0.1) is 30.2 Å². The van der Waals surface area contributed by atoms with Crippen molar-refractivity contribution < 1.29 is 27.1 Å². The number of methoxy groups -OCH3 is 2. The fourth-order valence-electron chi connectivity index (χ4n) is 5.58. The number of carbonyl (C=O) groups is 1. The van der Waals surface area contributed by atoms with Crippen LogP contribution in [0.25, 0.3) is 10.9 Å². The van der Waals surface area contributed by atoms with E-state index in [4.69, 9.17) is 9.47 Å². The Morgan fingerprint density at radius 3 is 2.41 bits per heavy atom. The normalized spacial score (nSPS) is 16.7. The maximum atomic E-state index is 14.9. The molecule has 10 heteroatoms. The summed E-state index contributed by atoms with van der Waals surface area (Å²) >= 11 is 0. The number of halogens is 1. The average Bonchev–Trinajstić information content (AvgIpc) is 3.42. The lowest BCUT2D eigenvalue weighted by molar-refractivity contribution is 0.0594. The number of ether oxygens (including phenoxy) is 2. The van der Waals surface area contributed by atoms with E-state index < -0.39 is 21.8 Å². The van der Waals surface area contributed by atoms with E-state index in [1.54, 1.807) is 43.6 Å².